The number of rotatable bonds is 3. The van der Waals surface area contributed by atoms with Crippen LogP contribution in [-0.2, 0) is 0 Å². The van der Waals surface area contributed by atoms with Crippen LogP contribution in [0.25, 0.3) is 16.0 Å². The third-order valence-electron chi connectivity index (χ3n) is 3.16. The molecule has 1 aromatic carbocycles. The molecule has 112 valence electrons. The maximum atomic E-state index is 13.1. The number of amides is 1. The van der Waals surface area contributed by atoms with Gasteiger partial charge in [-0.25, -0.2) is 9.37 Å². The summed E-state index contributed by atoms with van der Waals surface area (Å²) in [6.07, 6.45) is 0. The number of fused-ring (bicyclic) bond motifs is 1. The lowest BCUT2D eigenvalue weighted by molar-refractivity contribution is 0.0954. The largest absolute Gasteiger partial charge is 0.352 e. The van der Waals surface area contributed by atoms with Gasteiger partial charge in [-0.2, -0.15) is 0 Å². The van der Waals surface area contributed by atoms with Gasteiger partial charge in [0.25, 0.3) is 11.5 Å². The molecule has 7 heteroatoms. The molecule has 22 heavy (non-hydrogen) atoms. The summed E-state index contributed by atoms with van der Waals surface area (Å²) in [6.45, 7) is 2.20. The first-order valence-electron chi connectivity index (χ1n) is 6.65. The molecule has 5 nitrogen and oxygen atoms in total. The summed E-state index contributed by atoms with van der Waals surface area (Å²) in [5, 5.41) is 2.61. The Balaban J connectivity index is 2.30. The van der Waals surface area contributed by atoms with E-state index in [0.717, 1.165) is 0 Å². The van der Waals surface area contributed by atoms with Gasteiger partial charge in [0, 0.05) is 6.54 Å². The van der Waals surface area contributed by atoms with Gasteiger partial charge in [-0.1, -0.05) is 0 Å². The number of hydrogen-bond acceptors (Lipinski definition) is 4. The molecule has 2 aromatic heterocycles. The van der Waals surface area contributed by atoms with Crippen LogP contribution in [0.4, 0.5) is 4.39 Å². The first-order chi connectivity index (χ1) is 10.6. The summed E-state index contributed by atoms with van der Waals surface area (Å²) in [7, 11) is 0. The Morgan fingerprint density at radius 2 is 2.09 bits per heavy atom. The van der Waals surface area contributed by atoms with Crippen LogP contribution in [0.1, 0.15) is 17.3 Å². The van der Waals surface area contributed by atoms with Crippen molar-refractivity contribution < 1.29 is 9.18 Å². The number of carbonyl (C=O) groups is 1. The van der Waals surface area contributed by atoms with Crippen LogP contribution in [0.3, 0.4) is 0 Å². The zero-order chi connectivity index (χ0) is 15.7. The standard InChI is InChI=1S/C15H12FN3O2S/c1-2-17-13(20)11-7-12-15(22-8-18-12)19(14(11)21)10-5-3-9(16)4-6-10/h3-8H,2H2,1H3,(H,17,20). The Morgan fingerprint density at radius 3 is 2.77 bits per heavy atom. The van der Waals surface area contributed by atoms with Crippen molar-refractivity contribution in [1.82, 2.24) is 14.9 Å². The molecule has 0 fully saturated rings. The van der Waals surface area contributed by atoms with Gasteiger partial charge >= 0.3 is 0 Å². The number of nitrogens with one attached hydrogen (secondary N) is 1. The number of aromatic nitrogens is 2. The topological polar surface area (TPSA) is 64.0 Å². The molecule has 1 N–H and O–H groups in total. The molecule has 0 bridgehead atoms. The van der Waals surface area contributed by atoms with Crippen molar-refractivity contribution in [3.63, 3.8) is 0 Å². The van der Waals surface area contributed by atoms with Gasteiger partial charge in [0.2, 0.25) is 0 Å². The molecule has 0 aliphatic carbocycles. The molecule has 0 saturated heterocycles. The highest BCUT2D eigenvalue weighted by atomic mass is 32.1. The smallest absolute Gasteiger partial charge is 0.269 e. The SMILES string of the molecule is CCNC(=O)c1cc2ncsc2n(-c2ccc(F)cc2)c1=O. The monoisotopic (exact) mass is 317 g/mol. The fraction of sp³-hybridized carbons (Fsp3) is 0.133. The molecule has 0 aliphatic heterocycles. The van der Waals surface area contributed by atoms with E-state index in [4.69, 9.17) is 0 Å². The van der Waals surface area contributed by atoms with Gasteiger partial charge in [-0.15, -0.1) is 11.3 Å². The number of halogens is 1. The highest BCUT2D eigenvalue weighted by Gasteiger charge is 2.17. The first kappa shape index (κ1) is 14.4. The second-order valence-corrected chi connectivity index (χ2v) is 5.41. The van der Waals surface area contributed by atoms with E-state index in [2.05, 4.69) is 10.3 Å². The highest BCUT2D eigenvalue weighted by Crippen LogP contribution is 2.21. The minimum absolute atomic E-state index is 0.0181. The summed E-state index contributed by atoms with van der Waals surface area (Å²) in [5.74, 6) is -0.838. The van der Waals surface area contributed by atoms with Crippen LogP contribution in [0, 0.1) is 5.82 Å². The van der Waals surface area contributed by atoms with Gasteiger partial charge in [0.1, 0.15) is 16.2 Å². The van der Waals surface area contributed by atoms with Crippen molar-refractivity contribution >= 4 is 27.6 Å². The maximum absolute atomic E-state index is 13.1. The average molecular weight is 317 g/mol. The first-order valence-corrected chi connectivity index (χ1v) is 7.53. The molecule has 0 aliphatic rings. The van der Waals surface area contributed by atoms with E-state index >= 15 is 0 Å². The summed E-state index contributed by atoms with van der Waals surface area (Å²) in [6, 6.07) is 7.02. The molecule has 0 saturated carbocycles. The average Bonchev–Trinajstić information content (AvgIpc) is 2.96. The fourth-order valence-corrected chi connectivity index (χ4v) is 2.96. The van der Waals surface area contributed by atoms with Crippen molar-refractivity contribution in [2.24, 2.45) is 0 Å². The van der Waals surface area contributed by atoms with Crippen LogP contribution < -0.4 is 10.9 Å². The number of carbonyl (C=O) groups excluding carboxylic acids is 1. The highest BCUT2D eigenvalue weighted by molar-refractivity contribution is 7.16. The Kier molecular flexibility index (Phi) is 3.72. The van der Waals surface area contributed by atoms with Crippen molar-refractivity contribution in [3.05, 3.63) is 57.6 Å². The number of hydrogen-bond donors (Lipinski definition) is 1. The van der Waals surface area contributed by atoms with Crippen LogP contribution in [0.2, 0.25) is 0 Å². The number of thiazole rings is 1. The number of pyridine rings is 1. The van der Waals surface area contributed by atoms with Gasteiger partial charge < -0.3 is 5.32 Å². The molecule has 0 unspecified atom stereocenters. The third kappa shape index (κ3) is 2.39. The van der Waals surface area contributed by atoms with Crippen molar-refractivity contribution in [2.45, 2.75) is 6.92 Å². The van der Waals surface area contributed by atoms with Crippen LogP contribution in [0.15, 0.2) is 40.6 Å². The molecule has 0 atom stereocenters. The van der Waals surface area contributed by atoms with E-state index in [9.17, 15) is 14.0 Å². The Hall–Kier alpha value is -2.54. The minimum atomic E-state index is -0.450. The van der Waals surface area contributed by atoms with E-state index in [-0.39, 0.29) is 5.56 Å². The lowest BCUT2D eigenvalue weighted by atomic mass is 10.2. The Labute approximate surface area is 129 Å². The molecule has 0 radical (unpaired) electrons. The van der Waals surface area contributed by atoms with E-state index < -0.39 is 17.3 Å². The van der Waals surface area contributed by atoms with Gasteiger partial charge in [-0.05, 0) is 37.3 Å². The van der Waals surface area contributed by atoms with E-state index in [1.54, 1.807) is 12.4 Å². The minimum Gasteiger partial charge on any atom is -0.352 e. The van der Waals surface area contributed by atoms with Crippen molar-refractivity contribution in [2.75, 3.05) is 6.54 Å². The normalized spacial score (nSPS) is 10.8. The summed E-state index contributed by atoms with van der Waals surface area (Å²) >= 11 is 1.29. The molecular formula is C15H12FN3O2S. The molecule has 1 amide bonds. The molecular weight excluding hydrogens is 305 g/mol. The summed E-state index contributed by atoms with van der Waals surface area (Å²) < 4.78 is 14.5. The Morgan fingerprint density at radius 1 is 1.36 bits per heavy atom. The number of nitrogens with zero attached hydrogens (tertiary/aromatic N) is 2. The molecule has 2 heterocycles. The lowest BCUT2D eigenvalue weighted by Gasteiger charge is -2.09. The second-order valence-electron chi connectivity index (χ2n) is 4.58. The molecule has 3 rings (SSSR count). The van der Waals surface area contributed by atoms with Crippen molar-refractivity contribution in [1.29, 1.82) is 0 Å². The molecule has 3 aromatic rings. The summed E-state index contributed by atoms with van der Waals surface area (Å²) in [5.41, 5.74) is 2.21. The van der Waals surface area contributed by atoms with Crippen LogP contribution in [0.5, 0.6) is 0 Å². The van der Waals surface area contributed by atoms with Gasteiger partial charge in [-0.3, -0.25) is 14.2 Å². The fourth-order valence-electron chi connectivity index (χ4n) is 2.17. The van der Waals surface area contributed by atoms with Crippen LogP contribution >= 0.6 is 11.3 Å². The predicted octanol–water partition coefficient (Wildman–Crippen LogP) is 2.34. The maximum Gasteiger partial charge on any atom is 0.269 e. The quantitative estimate of drug-likeness (QED) is 0.806. The molecule has 0 spiro atoms. The van der Waals surface area contributed by atoms with E-state index in [1.165, 1.54) is 46.2 Å². The van der Waals surface area contributed by atoms with E-state index in [1.807, 2.05) is 0 Å². The van der Waals surface area contributed by atoms with Crippen LogP contribution in [-0.4, -0.2) is 22.0 Å². The lowest BCUT2D eigenvalue weighted by Crippen LogP contribution is -2.32. The van der Waals surface area contributed by atoms with E-state index in [0.29, 0.717) is 22.6 Å². The summed E-state index contributed by atoms with van der Waals surface area (Å²) in [4.78, 5) is 29.5. The Bertz CT molecular complexity index is 899. The third-order valence-corrected chi connectivity index (χ3v) is 3.99. The van der Waals surface area contributed by atoms with Gasteiger partial charge in [0.15, 0.2) is 0 Å². The predicted molar refractivity (Wildman–Crippen MR) is 83.2 cm³/mol. The van der Waals surface area contributed by atoms with Gasteiger partial charge in [0.05, 0.1) is 16.7 Å². The zero-order valence-electron chi connectivity index (χ0n) is 11.7. The second kappa shape index (κ2) is 5.69. The van der Waals surface area contributed by atoms with Crippen molar-refractivity contribution in [3.8, 4) is 5.69 Å². The number of benzene rings is 1. The zero-order valence-corrected chi connectivity index (χ0v) is 12.5.